The van der Waals surface area contributed by atoms with Crippen molar-refractivity contribution in [2.45, 2.75) is 0 Å². The van der Waals surface area contributed by atoms with Gasteiger partial charge in [0.05, 0.1) is 0 Å². The fourth-order valence-corrected chi connectivity index (χ4v) is 1.36. The van der Waals surface area contributed by atoms with Gasteiger partial charge in [0.2, 0.25) is 0 Å². The molecule has 1 heterocycles. The lowest BCUT2D eigenvalue weighted by Crippen LogP contribution is -2.32. The maximum absolute atomic E-state index is 11.7. The summed E-state index contributed by atoms with van der Waals surface area (Å²) < 4.78 is 0. The van der Waals surface area contributed by atoms with Gasteiger partial charge in [-0.1, -0.05) is 24.3 Å². The molecule has 3 nitrogen and oxygen atoms in total. The SMILES string of the molecule is Cl.O=C1C=CCN1C(=O)c1ccccc1. The maximum atomic E-state index is 11.7. The van der Waals surface area contributed by atoms with Crippen molar-refractivity contribution >= 4 is 24.2 Å². The first-order chi connectivity index (χ1) is 6.79. The molecule has 0 aliphatic carbocycles. The summed E-state index contributed by atoms with van der Waals surface area (Å²) in [6.45, 7) is 0.382. The van der Waals surface area contributed by atoms with Gasteiger partial charge in [-0.05, 0) is 12.1 Å². The Morgan fingerprint density at radius 1 is 1.20 bits per heavy atom. The smallest absolute Gasteiger partial charge is 0.261 e. The second-order valence-corrected chi connectivity index (χ2v) is 3.02. The highest BCUT2D eigenvalue weighted by Crippen LogP contribution is 2.08. The predicted octanol–water partition coefficient (Wildman–Crippen LogP) is 1.65. The molecule has 2 amide bonds. The summed E-state index contributed by atoms with van der Waals surface area (Å²) in [5.74, 6) is -0.473. The summed E-state index contributed by atoms with van der Waals surface area (Å²) >= 11 is 0. The van der Waals surface area contributed by atoms with Gasteiger partial charge in [-0.2, -0.15) is 0 Å². The third kappa shape index (κ3) is 2.25. The van der Waals surface area contributed by atoms with E-state index in [0.717, 1.165) is 0 Å². The van der Waals surface area contributed by atoms with Crippen LogP contribution in [0.1, 0.15) is 10.4 Å². The molecule has 4 heteroatoms. The van der Waals surface area contributed by atoms with Gasteiger partial charge in [-0.25, -0.2) is 0 Å². The number of carbonyl (C=O) groups is 2. The molecule has 0 bridgehead atoms. The Bertz CT molecular complexity index is 400. The van der Waals surface area contributed by atoms with Gasteiger partial charge in [0.15, 0.2) is 0 Å². The van der Waals surface area contributed by atoms with E-state index in [1.807, 2.05) is 6.07 Å². The fraction of sp³-hybridized carbons (Fsp3) is 0.0909. The standard InChI is InChI=1S/C11H9NO2.ClH/c13-10-7-4-8-12(10)11(14)9-5-2-1-3-6-9;/h1-7H,8H2;1H. The fourth-order valence-electron chi connectivity index (χ4n) is 1.36. The molecule has 1 aliphatic heterocycles. The van der Waals surface area contributed by atoms with Crippen LogP contribution in [0.3, 0.4) is 0 Å². The zero-order chi connectivity index (χ0) is 9.97. The van der Waals surface area contributed by atoms with Crippen molar-refractivity contribution in [1.82, 2.24) is 4.90 Å². The molecular formula is C11H10ClNO2. The topological polar surface area (TPSA) is 37.4 Å². The Labute approximate surface area is 93.8 Å². The van der Waals surface area contributed by atoms with Crippen molar-refractivity contribution in [2.24, 2.45) is 0 Å². The van der Waals surface area contributed by atoms with E-state index >= 15 is 0 Å². The Morgan fingerprint density at radius 2 is 1.87 bits per heavy atom. The van der Waals surface area contributed by atoms with Crippen molar-refractivity contribution in [3.8, 4) is 0 Å². The van der Waals surface area contributed by atoms with Crippen LogP contribution in [0.15, 0.2) is 42.5 Å². The third-order valence-electron chi connectivity index (χ3n) is 2.08. The van der Waals surface area contributed by atoms with E-state index in [1.165, 1.54) is 11.0 Å². The lowest BCUT2D eigenvalue weighted by atomic mass is 10.2. The zero-order valence-corrected chi connectivity index (χ0v) is 8.74. The van der Waals surface area contributed by atoms with E-state index in [0.29, 0.717) is 12.1 Å². The molecule has 0 fully saturated rings. The quantitative estimate of drug-likeness (QED) is 0.679. The summed E-state index contributed by atoms with van der Waals surface area (Å²) in [7, 11) is 0. The average molecular weight is 224 g/mol. The van der Waals surface area contributed by atoms with Crippen LogP contribution in [0.2, 0.25) is 0 Å². The number of amides is 2. The molecule has 1 aromatic carbocycles. The molecular weight excluding hydrogens is 214 g/mol. The minimum atomic E-state index is -0.237. The summed E-state index contributed by atoms with van der Waals surface area (Å²) in [4.78, 5) is 24.1. The summed E-state index contributed by atoms with van der Waals surface area (Å²) in [6, 6.07) is 8.80. The molecule has 0 saturated carbocycles. The van der Waals surface area contributed by atoms with Crippen molar-refractivity contribution in [1.29, 1.82) is 0 Å². The van der Waals surface area contributed by atoms with Crippen LogP contribution < -0.4 is 0 Å². The maximum Gasteiger partial charge on any atom is 0.261 e. The minimum absolute atomic E-state index is 0. The minimum Gasteiger partial charge on any atom is -0.271 e. The van der Waals surface area contributed by atoms with E-state index in [9.17, 15) is 9.59 Å². The van der Waals surface area contributed by atoms with E-state index < -0.39 is 0 Å². The first kappa shape index (κ1) is 11.5. The third-order valence-corrected chi connectivity index (χ3v) is 2.08. The molecule has 0 N–H and O–H groups in total. The van der Waals surface area contributed by atoms with Gasteiger partial charge in [0.1, 0.15) is 0 Å². The predicted molar refractivity (Wildman–Crippen MR) is 58.9 cm³/mol. The number of nitrogens with zero attached hydrogens (tertiary/aromatic N) is 1. The molecule has 15 heavy (non-hydrogen) atoms. The monoisotopic (exact) mass is 223 g/mol. The van der Waals surface area contributed by atoms with Crippen LogP contribution in [0, 0.1) is 0 Å². The average Bonchev–Trinajstić information content (AvgIpc) is 2.65. The Kier molecular flexibility index (Phi) is 3.63. The van der Waals surface area contributed by atoms with Gasteiger partial charge in [0.25, 0.3) is 11.8 Å². The second kappa shape index (κ2) is 4.75. The highest BCUT2D eigenvalue weighted by atomic mass is 35.5. The molecule has 1 aliphatic rings. The van der Waals surface area contributed by atoms with Gasteiger partial charge in [0, 0.05) is 18.2 Å². The molecule has 2 rings (SSSR count). The molecule has 78 valence electrons. The van der Waals surface area contributed by atoms with Crippen LogP contribution in [0.4, 0.5) is 0 Å². The largest absolute Gasteiger partial charge is 0.271 e. The molecule has 0 unspecified atom stereocenters. The van der Waals surface area contributed by atoms with Crippen molar-refractivity contribution in [2.75, 3.05) is 6.54 Å². The van der Waals surface area contributed by atoms with Crippen molar-refractivity contribution in [3.05, 3.63) is 48.0 Å². The number of hydrogen-bond acceptors (Lipinski definition) is 2. The summed E-state index contributed by atoms with van der Waals surface area (Å²) in [5, 5.41) is 0. The van der Waals surface area contributed by atoms with Gasteiger partial charge >= 0.3 is 0 Å². The Morgan fingerprint density at radius 3 is 2.40 bits per heavy atom. The molecule has 0 aromatic heterocycles. The molecule has 0 radical (unpaired) electrons. The first-order valence-corrected chi connectivity index (χ1v) is 4.36. The second-order valence-electron chi connectivity index (χ2n) is 3.02. The van der Waals surface area contributed by atoms with E-state index in [-0.39, 0.29) is 24.2 Å². The van der Waals surface area contributed by atoms with E-state index in [1.54, 1.807) is 30.3 Å². The van der Waals surface area contributed by atoms with Crippen LogP contribution >= 0.6 is 12.4 Å². The number of hydrogen-bond donors (Lipinski definition) is 0. The van der Waals surface area contributed by atoms with Gasteiger partial charge in [-0.15, -0.1) is 12.4 Å². The highest BCUT2D eigenvalue weighted by Gasteiger charge is 2.22. The molecule has 0 atom stereocenters. The number of halogens is 1. The number of imide groups is 1. The van der Waals surface area contributed by atoms with E-state index in [2.05, 4.69) is 0 Å². The number of benzene rings is 1. The van der Waals surface area contributed by atoms with E-state index in [4.69, 9.17) is 0 Å². The molecule has 1 aromatic rings. The van der Waals surface area contributed by atoms with Gasteiger partial charge < -0.3 is 0 Å². The van der Waals surface area contributed by atoms with Gasteiger partial charge in [-0.3, -0.25) is 14.5 Å². The molecule has 0 saturated heterocycles. The van der Waals surface area contributed by atoms with Crippen molar-refractivity contribution in [3.63, 3.8) is 0 Å². The number of carbonyl (C=O) groups excluding carboxylic acids is 2. The lowest BCUT2D eigenvalue weighted by molar-refractivity contribution is -0.122. The van der Waals surface area contributed by atoms with Crippen LogP contribution in [-0.4, -0.2) is 23.3 Å². The van der Waals surface area contributed by atoms with Crippen molar-refractivity contribution < 1.29 is 9.59 Å². The Balaban J connectivity index is 0.00000112. The Hall–Kier alpha value is -1.61. The first-order valence-electron chi connectivity index (χ1n) is 4.36. The summed E-state index contributed by atoms with van der Waals surface area (Å²) in [6.07, 6.45) is 3.10. The van der Waals surface area contributed by atoms with Crippen LogP contribution in [0.25, 0.3) is 0 Å². The lowest BCUT2D eigenvalue weighted by Gasteiger charge is -2.12. The van der Waals surface area contributed by atoms with Crippen LogP contribution in [-0.2, 0) is 4.79 Å². The highest BCUT2D eigenvalue weighted by molar-refractivity contribution is 6.09. The van der Waals surface area contributed by atoms with Crippen LogP contribution in [0.5, 0.6) is 0 Å². The summed E-state index contributed by atoms with van der Waals surface area (Å²) in [5.41, 5.74) is 0.546. The zero-order valence-electron chi connectivity index (χ0n) is 7.92. The molecule has 0 spiro atoms. The normalized spacial score (nSPS) is 13.9. The number of rotatable bonds is 1.